The minimum atomic E-state index is -0.623. The molecule has 4 heteroatoms. The molecular formula is C11H14BrNO2. The standard InChI is InChI=1S/C11H14BrNO2/c12-9-5-10(7-13-6-9)15-8-11(14)3-1-2-4-11/h5-7,14H,1-4,8H2. The molecule has 0 atom stereocenters. The zero-order valence-electron chi connectivity index (χ0n) is 8.45. The molecule has 1 aliphatic carbocycles. The molecule has 2 rings (SSSR count). The maximum atomic E-state index is 10.1. The lowest BCUT2D eigenvalue weighted by atomic mass is 10.0. The van der Waals surface area contributed by atoms with Gasteiger partial charge in [0.2, 0.25) is 0 Å². The van der Waals surface area contributed by atoms with Crippen molar-refractivity contribution in [3.8, 4) is 5.75 Å². The Bertz CT molecular complexity index is 337. The maximum Gasteiger partial charge on any atom is 0.138 e. The van der Waals surface area contributed by atoms with Crippen molar-refractivity contribution in [2.24, 2.45) is 0 Å². The van der Waals surface area contributed by atoms with E-state index in [2.05, 4.69) is 20.9 Å². The van der Waals surface area contributed by atoms with Gasteiger partial charge in [0.25, 0.3) is 0 Å². The normalized spacial score (nSPS) is 19.1. The summed E-state index contributed by atoms with van der Waals surface area (Å²) in [5, 5.41) is 10.1. The van der Waals surface area contributed by atoms with E-state index in [-0.39, 0.29) is 0 Å². The zero-order chi connectivity index (χ0) is 10.7. The van der Waals surface area contributed by atoms with Crippen LogP contribution in [0.3, 0.4) is 0 Å². The van der Waals surface area contributed by atoms with E-state index in [1.165, 1.54) is 0 Å². The summed E-state index contributed by atoms with van der Waals surface area (Å²) in [6.45, 7) is 0.366. The number of aliphatic hydroxyl groups is 1. The highest BCUT2D eigenvalue weighted by atomic mass is 79.9. The van der Waals surface area contributed by atoms with E-state index in [0.717, 1.165) is 30.2 Å². The summed E-state index contributed by atoms with van der Waals surface area (Å²) in [7, 11) is 0. The molecule has 1 heterocycles. The molecule has 0 aliphatic heterocycles. The molecule has 0 unspecified atom stereocenters. The van der Waals surface area contributed by atoms with E-state index in [0.29, 0.717) is 12.4 Å². The van der Waals surface area contributed by atoms with E-state index >= 15 is 0 Å². The van der Waals surface area contributed by atoms with Crippen molar-refractivity contribution < 1.29 is 9.84 Å². The molecule has 1 aromatic rings. The van der Waals surface area contributed by atoms with Gasteiger partial charge in [0, 0.05) is 10.7 Å². The number of hydrogen-bond acceptors (Lipinski definition) is 3. The van der Waals surface area contributed by atoms with E-state index in [9.17, 15) is 5.11 Å². The number of rotatable bonds is 3. The predicted molar refractivity (Wildman–Crippen MR) is 60.8 cm³/mol. The lowest BCUT2D eigenvalue weighted by molar-refractivity contribution is 0.00129. The summed E-state index contributed by atoms with van der Waals surface area (Å²) < 4.78 is 6.42. The third-order valence-electron chi connectivity index (χ3n) is 2.72. The average molecular weight is 272 g/mol. The summed E-state index contributed by atoms with van der Waals surface area (Å²) in [6.07, 6.45) is 7.23. The number of aromatic nitrogens is 1. The molecule has 0 spiro atoms. The fraction of sp³-hybridized carbons (Fsp3) is 0.545. The molecule has 1 aliphatic rings. The predicted octanol–water partition coefficient (Wildman–Crippen LogP) is 2.53. The smallest absolute Gasteiger partial charge is 0.138 e. The third kappa shape index (κ3) is 2.92. The number of nitrogens with zero attached hydrogens (tertiary/aromatic N) is 1. The highest BCUT2D eigenvalue weighted by molar-refractivity contribution is 9.10. The number of hydrogen-bond donors (Lipinski definition) is 1. The van der Waals surface area contributed by atoms with Crippen molar-refractivity contribution in [3.05, 3.63) is 22.9 Å². The van der Waals surface area contributed by atoms with Crippen LogP contribution in [0.2, 0.25) is 0 Å². The van der Waals surface area contributed by atoms with Gasteiger partial charge in [0.1, 0.15) is 12.4 Å². The van der Waals surface area contributed by atoms with Crippen LogP contribution in [0, 0.1) is 0 Å². The SMILES string of the molecule is OC1(COc2cncc(Br)c2)CCCC1. The van der Waals surface area contributed by atoms with Gasteiger partial charge in [-0.05, 0) is 34.8 Å². The van der Waals surface area contributed by atoms with Crippen LogP contribution in [-0.4, -0.2) is 22.3 Å². The Labute approximate surface area is 97.6 Å². The largest absolute Gasteiger partial charge is 0.489 e. The molecule has 0 radical (unpaired) electrons. The summed E-state index contributed by atoms with van der Waals surface area (Å²) in [5.74, 6) is 0.699. The zero-order valence-corrected chi connectivity index (χ0v) is 10.0. The van der Waals surface area contributed by atoms with Crippen LogP contribution in [0.25, 0.3) is 0 Å². The Kier molecular flexibility index (Phi) is 3.26. The van der Waals surface area contributed by atoms with Crippen molar-refractivity contribution in [1.29, 1.82) is 0 Å². The van der Waals surface area contributed by atoms with Gasteiger partial charge in [-0.2, -0.15) is 0 Å². The van der Waals surface area contributed by atoms with E-state index in [1.807, 2.05) is 6.07 Å². The monoisotopic (exact) mass is 271 g/mol. The fourth-order valence-corrected chi connectivity index (χ4v) is 2.21. The number of ether oxygens (including phenoxy) is 1. The molecule has 0 aromatic carbocycles. The van der Waals surface area contributed by atoms with Gasteiger partial charge < -0.3 is 9.84 Å². The molecule has 1 saturated carbocycles. The van der Waals surface area contributed by atoms with Crippen molar-refractivity contribution in [2.75, 3.05) is 6.61 Å². The second-order valence-electron chi connectivity index (χ2n) is 4.06. The number of pyridine rings is 1. The van der Waals surface area contributed by atoms with Gasteiger partial charge in [0.15, 0.2) is 0 Å². The molecule has 3 nitrogen and oxygen atoms in total. The molecule has 1 aromatic heterocycles. The van der Waals surface area contributed by atoms with Crippen LogP contribution < -0.4 is 4.74 Å². The summed E-state index contributed by atoms with van der Waals surface area (Å²) in [5.41, 5.74) is -0.623. The molecule has 0 saturated heterocycles. The van der Waals surface area contributed by atoms with Gasteiger partial charge in [0.05, 0.1) is 11.8 Å². The summed E-state index contributed by atoms with van der Waals surface area (Å²) in [4.78, 5) is 4.00. The van der Waals surface area contributed by atoms with E-state index in [1.54, 1.807) is 12.4 Å². The van der Waals surface area contributed by atoms with Gasteiger partial charge in [-0.25, -0.2) is 0 Å². The quantitative estimate of drug-likeness (QED) is 0.919. The molecule has 82 valence electrons. The van der Waals surface area contributed by atoms with Crippen molar-refractivity contribution >= 4 is 15.9 Å². The Balaban J connectivity index is 1.92. The van der Waals surface area contributed by atoms with Crippen LogP contribution in [0.15, 0.2) is 22.9 Å². The second-order valence-corrected chi connectivity index (χ2v) is 4.97. The van der Waals surface area contributed by atoms with Crippen LogP contribution in [-0.2, 0) is 0 Å². The molecular weight excluding hydrogens is 258 g/mol. The molecule has 1 N–H and O–H groups in total. The highest BCUT2D eigenvalue weighted by Crippen LogP contribution is 2.30. The first-order valence-corrected chi connectivity index (χ1v) is 5.93. The topological polar surface area (TPSA) is 42.4 Å². The summed E-state index contributed by atoms with van der Waals surface area (Å²) >= 11 is 3.32. The van der Waals surface area contributed by atoms with E-state index < -0.39 is 5.60 Å². The van der Waals surface area contributed by atoms with Crippen LogP contribution in [0.1, 0.15) is 25.7 Å². The Morgan fingerprint density at radius 2 is 2.13 bits per heavy atom. The van der Waals surface area contributed by atoms with Crippen molar-refractivity contribution in [3.63, 3.8) is 0 Å². The highest BCUT2D eigenvalue weighted by Gasteiger charge is 2.31. The average Bonchev–Trinajstić information content (AvgIpc) is 2.63. The van der Waals surface area contributed by atoms with E-state index in [4.69, 9.17) is 4.74 Å². The number of halogens is 1. The first-order valence-electron chi connectivity index (χ1n) is 5.14. The minimum Gasteiger partial charge on any atom is -0.489 e. The first-order chi connectivity index (χ1) is 7.18. The van der Waals surface area contributed by atoms with Crippen molar-refractivity contribution in [2.45, 2.75) is 31.3 Å². The van der Waals surface area contributed by atoms with Gasteiger partial charge in [-0.15, -0.1) is 0 Å². The van der Waals surface area contributed by atoms with Crippen LogP contribution in [0.4, 0.5) is 0 Å². The van der Waals surface area contributed by atoms with Gasteiger partial charge >= 0.3 is 0 Å². The Morgan fingerprint density at radius 1 is 1.40 bits per heavy atom. The Hall–Kier alpha value is -0.610. The molecule has 15 heavy (non-hydrogen) atoms. The minimum absolute atomic E-state index is 0.366. The fourth-order valence-electron chi connectivity index (χ4n) is 1.87. The van der Waals surface area contributed by atoms with Crippen LogP contribution in [0.5, 0.6) is 5.75 Å². The van der Waals surface area contributed by atoms with Crippen LogP contribution >= 0.6 is 15.9 Å². The summed E-state index contributed by atoms with van der Waals surface area (Å²) in [6, 6.07) is 1.85. The first kappa shape index (κ1) is 10.9. The van der Waals surface area contributed by atoms with Gasteiger partial charge in [-0.3, -0.25) is 4.98 Å². The molecule has 1 fully saturated rings. The lowest BCUT2D eigenvalue weighted by Gasteiger charge is -2.21. The second kappa shape index (κ2) is 4.49. The van der Waals surface area contributed by atoms with Crippen molar-refractivity contribution in [1.82, 2.24) is 4.98 Å². The van der Waals surface area contributed by atoms with Gasteiger partial charge in [-0.1, -0.05) is 12.8 Å². The lowest BCUT2D eigenvalue weighted by Crippen LogP contribution is -2.32. The molecule has 0 bridgehead atoms. The Morgan fingerprint density at radius 3 is 2.80 bits per heavy atom. The molecule has 0 amide bonds. The third-order valence-corrected chi connectivity index (χ3v) is 3.16. The maximum absolute atomic E-state index is 10.1.